The Labute approximate surface area is 360 Å². The van der Waals surface area contributed by atoms with Crippen molar-refractivity contribution in [3.05, 3.63) is 100 Å². The Bertz CT molecular complexity index is 2580. The van der Waals surface area contributed by atoms with Crippen molar-refractivity contribution in [3.8, 4) is 22.5 Å². The lowest BCUT2D eigenvalue weighted by Crippen LogP contribution is -2.26. The van der Waals surface area contributed by atoms with Crippen molar-refractivity contribution >= 4 is 62.2 Å². The standard InChI is InChI=1S/C22H23F3N4OS.C21H20BrF3N4O/c1-13-9-14(3-6-17(13)21(30)28-15-4-5-15)19-11-27-20-18(26-8-7-22(23,24)25)10-16(31-2)12-29(19)20;1-12-8-13(2-5-16(12)20(30)28-15-3-4-15)18-10-27-19-17(9-14(22)11-29(18)19)26-7-6-21(23,24)25/h3,6,9-12,15,26H,4-5,7-8H2,1-2H3,(H,28,30);2,5,8-11,15,26H,3-4,6-7H2,1H3,(H,28,30). The van der Waals surface area contributed by atoms with Gasteiger partial charge in [-0.25, -0.2) is 9.97 Å². The van der Waals surface area contributed by atoms with E-state index in [2.05, 4.69) is 47.2 Å². The summed E-state index contributed by atoms with van der Waals surface area (Å²) >= 11 is 4.92. The molecule has 0 atom stereocenters. The third kappa shape index (κ3) is 11.2. The van der Waals surface area contributed by atoms with Gasteiger partial charge in [-0.2, -0.15) is 26.3 Å². The van der Waals surface area contributed by atoms with E-state index in [0.29, 0.717) is 44.3 Å². The highest BCUT2D eigenvalue weighted by atomic mass is 79.9. The van der Waals surface area contributed by atoms with Gasteiger partial charge < -0.3 is 21.3 Å². The van der Waals surface area contributed by atoms with Crippen molar-refractivity contribution in [2.75, 3.05) is 30.0 Å². The van der Waals surface area contributed by atoms with Crippen molar-refractivity contribution < 1.29 is 35.9 Å². The number of nitrogens with one attached hydrogen (secondary N) is 4. The van der Waals surface area contributed by atoms with Gasteiger partial charge in [-0.3, -0.25) is 18.4 Å². The smallest absolute Gasteiger partial charge is 0.382 e. The second kappa shape index (κ2) is 18.0. The number of nitrogens with zero attached hydrogens (tertiary/aromatic N) is 4. The first-order valence-electron chi connectivity index (χ1n) is 19.6. The van der Waals surface area contributed by atoms with Crippen LogP contribution >= 0.6 is 27.7 Å². The van der Waals surface area contributed by atoms with Crippen molar-refractivity contribution in [2.45, 2.75) is 81.7 Å². The van der Waals surface area contributed by atoms with Gasteiger partial charge in [-0.1, -0.05) is 12.1 Å². The molecule has 61 heavy (non-hydrogen) atoms. The number of halogens is 7. The van der Waals surface area contributed by atoms with Crippen LogP contribution in [0.15, 0.2) is 82.7 Å². The van der Waals surface area contributed by atoms with Crippen LogP contribution in [-0.4, -0.2) is 74.4 Å². The van der Waals surface area contributed by atoms with Gasteiger partial charge in [0.15, 0.2) is 11.3 Å². The van der Waals surface area contributed by atoms with Gasteiger partial charge in [-0.05, 0) is 109 Å². The molecule has 0 radical (unpaired) electrons. The summed E-state index contributed by atoms with van der Waals surface area (Å²) in [6.07, 6.45) is 2.85. The number of thioether (sulfide) groups is 1. The molecule has 2 fully saturated rings. The van der Waals surface area contributed by atoms with Crippen LogP contribution in [0.1, 0.15) is 70.4 Å². The number of benzene rings is 2. The zero-order valence-electron chi connectivity index (χ0n) is 33.4. The molecule has 2 aliphatic rings. The van der Waals surface area contributed by atoms with E-state index in [0.717, 1.165) is 64.2 Å². The van der Waals surface area contributed by atoms with E-state index in [9.17, 15) is 35.9 Å². The topological polar surface area (TPSA) is 117 Å². The van der Waals surface area contributed by atoms with Crippen molar-refractivity contribution in [1.29, 1.82) is 0 Å². The Morgan fingerprint density at radius 1 is 0.705 bits per heavy atom. The van der Waals surface area contributed by atoms with Gasteiger partial charge in [-0.15, -0.1) is 11.8 Å². The molecule has 2 amide bonds. The monoisotopic (exact) mass is 928 g/mol. The summed E-state index contributed by atoms with van der Waals surface area (Å²) in [6.45, 7) is 3.32. The second-order valence-corrected chi connectivity index (χ2v) is 17.0. The Balaban J connectivity index is 0.000000184. The summed E-state index contributed by atoms with van der Waals surface area (Å²) in [7, 11) is 0. The number of imidazole rings is 2. The molecule has 2 aliphatic carbocycles. The summed E-state index contributed by atoms with van der Waals surface area (Å²) in [6, 6.07) is 15.3. The van der Waals surface area contributed by atoms with Crippen LogP contribution < -0.4 is 21.3 Å². The largest absolute Gasteiger partial charge is 0.390 e. The summed E-state index contributed by atoms with van der Waals surface area (Å²) in [4.78, 5) is 34.5. The summed E-state index contributed by atoms with van der Waals surface area (Å²) < 4.78 is 79.5. The van der Waals surface area contributed by atoms with Gasteiger partial charge in [0, 0.05) is 69.2 Å². The number of amides is 2. The minimum absolute atomic E-state index is 0.0643. The van der Waals surface area contributed by atoms with Gasteiger partial charge in [0.05, 0.1) is 48.0 Å². The lowest BCUT2D eigenvalue weighted by Gasteiger charge is -2.13. The van der Waals surface area contributed by atoms with Crippen LogP contribution in [0.2, 0.25) is 0 Å². The average Bonchev–Trinajstić information content (AvgIpc) is 4.10. The molecule has 0 unspecified atom stereocenters. The Morgan fingerprint density at radius 3 is 1.56 bits per heavy atom. The number of alkyl halides is 6. The first-order chi connectivity index (χ1) is 29.0. The average molecular weight is 930 g/mol. The molecule has 8 rings (SSSR count). The SMILES string of the molecule is CSc1cc(NCCC(F)(F)F)c2ncc(-c3ccc(C(=O)NC4CC4)c(C)c3)n2c1.Cc1cc(-c2cnc3c(NCCC(F)(F)F)cc(Br)cn23)ccc1C(=O)NC1CC1. The number of carbonyl (C=O) groups is 2. The zero-order chi connectivity index (χ0) is 43.6. The summed E-state index contributed by atoms with van der Waals surface area (Å²) in [5.41, 5.74) is 8.47. The maximum Gasteiger partial charge on any atom is 0.390 e. The number of aryl methyl sites for hydroxylation is 2. The lowest BCUT2D eigenvalue weighted by atomic mass is 10.0. The number of anilines is 2. The molecule has 4 aromatic heterocycles. The minimum atomic E-state index is -4.22. The predicted octanol–water partition coefficient (Wildman–Crippen LogP) is 10.6. The molecule has 322 valence electrons. The zero-order valence-corrected chi connectivity index (χ0v) is 35.8. The molecule has 0 bridgehead atoms. The molecule has 4 heterocycles. The summed E-state index contributed by atoms with van der Waals surface area (Å²) in [5, 5.41) is 11.7. The second-order valence-electron chi connectivity index (χ2n) is 15.2. The van der Waals surface area contributed by atoms with Crippen LogP contribution in [0.5, 0.6) is 0 Å². The number of aromatic nitrogens is 4. The predicted molar refractivity (Wildman–Crippen MR) is 230 cm³/mol. The number of carbonyl (C=O) groups excluding carboxylic acids is 2. The minimum Gasteiger partial charge on any atom is -0.382 e. The van der Waals surface area contributed by atoms with E-state index in [1.54, 1.807) is 24.5 Å². The third-order valence-corrected chi connectivity index (χ3v) is 11.3. The normalized spacial score (nSPS) is 14.1. The van der Waals surface area contributed by atoms with E-state index < -0.39 is 25.2 Å². The highest BCUT2D eigenvalue weighted by Gasteiger charge is 2.28. The quantitative estimate of drug-likeness (QED) is 0.0673. The molecule has 4 N–H and O–H groups in total. The fourth-order valence-electron chi connectivity index (χ4n) is 6.73. The molecule has 10 nitrogen and oxygen atoms in total. The first kappa shape index (κ1) is 43.8. The van der Waals surface area contributed by atoms with E-state index in [-0.39, 0.29) is 30.9 Å². The number of fused-ring (bicyclic) bond motifs is 2. The van der Waals surface area contributed by atoms with Gasteiger partial charge >= 0.3 is 12.4 Å². The molecule has 2 aromatic carbocycles. The Hall–Kier alpha value is -5.23. The third-order valence-electron chi connectivity index (χ3n) is 10.2. The maximum atomic E-state index is 12.6. The fourth-order valence-corrected chi connectivity index (χ4v) is 7.61. The van der Waals surface area contributed by atoms with Crippen LogP contribution in [0.25, 0.3) is 33.8 Å². The summed E-state index contributed by atoms with van der Waals surface area (Å²) in [5.74, 6) is -0.135. The highest BCUT2D eigenvalue weighted by Crippen LogP contribution is 2.33. The van der Waals surface area contributed by atoms with E-state index >= 15 is 0 Å². The van der Waals surface area contributed by atoms with E-state index in [4.69, 9.17) is 0 Å². The van der Waals surface area contributed by atoms with Gasteiger partial charge in [0.1, 0.15) is 0 Å². The maximum absolute atomic E-state index is 12.6. The van der Waals surface area contributed by atoms with Crippen molar-refractivity contribution in [1.82, 2.24) is 29.4 Å². The van der Waals surface area contributed by atoms with Gasteiger partial charge in [0.25, 0.3) is 11.8 Å². The van der Waals surface area contributed by atoms with Crippen LogP contribution in [0, 0.1) is 13.8 Å². The van der Waals surface area contributed by atoms with Crippen LogP contribution in [-0.2, 0) is 0 Å². The lowest BCUT2D eigenvalue weighted by molar-refractivity contribution is -0.132. The van der Waals surface area contributed by atoms with E-state index in [1.165, 1.54) is 11.8 Å². The molecule has 18 heteroatoms. The molecule has 0 spiro atoms. The van der Waals surface area contributed by atoms with E-state index in [1.807, 2.05) is 77.7 Å². The molecule has 0 aliphatic heterocycles. The fraction of sp³-hybridized carbons (Fsp3) is 0.349. The first-order valence-corrected chi connectivity index (χ1v) is 21.6. The number of hydrogen-bond donors (Lipinski definition) is 4. The number of pyridine rings is 2. The Morgan fingerprint density at radius 2 is 1.15 bits per heavy atom. The molecule has 6 aromatic rings. The van der Waals surface area contributed by atoms with Crippen LogP contribution in [0.4, 0.5) is 37.7 Å². The molecular formula is C43H43BrF6N8O2S. The van der Waals surface area contributed by atoms with Crippen molar-refractivity contribution in [2.24, 2.45) is 0 Å². The number of rotatable bonds is 13. The van der Waals surface area contributed by atoms with Gasteiger partial charge in [0.2, 0.25) is 0 Å². The molecule has 0 saturated heterocycles. The molecule has 2 saturated carbocycles. The highest BCUT2D eigenvalue weighted by molar-refractivity contribution is 9.10. The Kier molecular flexibility index (Phi) is 12.9. The molecular weight excluding hydrogens is 886 g/mol. The van der Waals surface area contributed by atoms with Crippen LogP contribution in [0.3, 0.4) is 0 Å². The van der Waals surface area contributed by atoms with Crippen molar-refractivity contribution in [3.63, 3.8) is 0 Å². The number of hydrogen-bond acceptors (Lipinski definition) is 7.